The molecule has 1 amide bonds. The zero-order valence-corrected chi connectivity index (χ0v) is 18.2. The lowest BCUT2D eigenvalue weighted by Gasteiger charge is -2.45. The van der Waals surface area contributed by atoms with Crippen molar-refractivity contribution in [2.24, 2.45) is 11.1 Å². The summed E-state index contributed by atoms with van der Waals surface area (Å²) in [6.45, 7) is 7.83. The number of carbonyl (C=O) groups is 1. The molecule has 0 radical (unpaired) electrons. The van der Waals surface area contributed by atoms with E-state index < -0.39 is 5.54 Å². The smallest absolute Gasteiger partial charge is 0.253 e. The van der Waals surface area contributed by atoms with Gasteiger partial charge >= 0.3 is 0 Å². The van der Waals surface area contributed by atoms with Gasteiger partial charge in [-0.15, -0.1) is 11.6 Å². The van der Waals surface area contributed by atoms with Crippen LogP contribution in [0.25, 0.3) is 10.9 Å². The van der Waals surface area contributed by atoms with Gasteiger partial charge in [-0.1, -0.05) is 32.0 Å². The maximum Gasteiger partial charge on any atom is 0.253 e. The molecule has 1 saturated heterocycles. The minimum atomic E-state index is -0.642. The van der Waals surface area contributed by atoms with E-state index in [2.05, 4.69) is 29.0 Å². The summed E-state index contributed by atoms with van der Waals surface area (Å²) in [6, 6.07) is 9.39. The molecule has 0 saturated carbocycles. The number of carbonyl (C=O) groups excluding carboxylic acids is 1. The molecule has 29 heavy (non-hydrogen) atoms. The van der Waals surface area contributed by atoms with Gasteiger partial charge in [0.25, 0.3) is 5.91 Å². The fourth-order valence-electron chi connectivity index (χ4n) is 4.03. The molecule has 158 valence electrons. The van der Waals surface area contributed by atoms with Crippen LogP contribution < -0.4 is 11.1 Å². The van der Waals surface area contributed by atoms with Crippen LogP contribution in [0.5, 0.6) is 0 Å². The number of ether oxygens (including phenoxy) is 1. The van der Waals surface area contributed by atoms with Crippen molar-refractivity contribution in [3.8, 4) is 0 Å². The number of nitrogens with one attached hydrogen (secondary N) is 1. The lowest BCUT2D eigenvalue weighted by molar-refractivity contribution is 0.0537. The van der Waals surface area contributed by atoms with Crippen molar-refractivity contribution in [1.29, 1.82) is 0 Å². The van der Waals surface area contributed by atoms with Crippen molar-refractivity contribution in [2.75, 3.05) is 39.9 Å². The molecule has 3 N–H and O–H groups in total. The first kappa shape index (κ1) is 22.0. The van der Waals surface area contributed by atoms with Gasteiger partial charge in [0.1, 0.15) is 0 Å². The van der Waals surface area contributed by atoms with Crippen molar-refractivity contribution >= 4 is 28.4 Å². The summed E-state index contributed by atoms with van der Waals surface area (Å²) in [4.78, 5) is 19.5. The molecular formula is C22H31ClN4O2. The Hall–Kier alpha value is -1.73. The number of piperidine rings is 1. The second kappa shape index (κ2) is 8.96. The Labute approximate surface area is 177 Å². The van der Waals surface area contributed by atoms with Crippen LogP contribution >= 0.6 is 11.6 Å². The number of hydrogen-bond acceptors (Lipinski definition) is 5. The molecule has 0 aliphatic carbocycles. The molecule has 7 heteroatoms. The average Bonchev–Trinajstić information content (AvgIpc) is 2.68. The first-order chi connectivity index (χ1) is 13.7. The van der Waals surface area contributed by atoms with E-state index >= 15 is 0 Å². The highest BCUT2D eigenvalue weighted by Gasteiger charge is 2.40. The largest absolute Gasteiger partial charge is 0.384 e. The van der Waals surface area contributed by atoms with Gasteiger partial charge in [0.2, 0.25) is 0 Å². The highest BCUT2D eigenvalue weighted by molar-refractivity contribution is 6.21. The zero-order valence-electron chi connectivity index (χ0n) is 17.5. The number of para-hydroxylation sites is 1. The van der Waals surface area contributed by atoms with Gasteiger partial charge in [-0.25, -0.2) is 0 Å². The van der Waals surface area contributed by atoms with Crippen molar-refractivity contribution < 1.29 is 9.53 Å². The Morgan fingerprint density at radius 1 is 1.41 bits per heavy atom. The third-order valence-corrected chi connectivity index (χ3v) is 6.15. The quantitative estimate of drug-likeness (QED) is 0.675. The van der Waals surface area contributed by atoms with Crippen LogP contribution in [0, 0.1) is 5.41 Å². The molecule has 1 aliphatic rings. The van der Waals surface area contributed by atoms with Crippen molar-refractivity contribution in [2.45, 2.75) is 31.2 Å². The van der Waals surface area contributed by atoms with Gasteiger partial charge < -0.3 is 20.7 Å². The van der Waals surface area contributed by atoms with E-state index in [1.807, 2.05) is 24.3 Å². The third kappa shape index (κ3) is 5.25. The highest BCUT2D eigenvalue weighted by atomic mass is 35.5. The van der Waals surface area contributed by atoms with E-state index in [-0.39, 0.29) is 16.7 Å². The number of amides is 1. The number of methoxy groups -OCH3 is 1. The number of pyridine rings is 1. The summed E-state index contributed by atoms with van der Waals surface area (Å²) in [7, 11) is 1.72. The SMILES string of the molecule is COCC(C)(C)CN1CCC(N)(CNC(=O)c2cccc3cccnc23)C(Cl)C1. The van der Waals surface area contributed by atoms with E-state index in [9.17, 15) is 4.79 Å². The Morgan fingerprint density at radius 2 is 2.17 bits per heavy atom. The van der Waals surface area contributed by atoms with Gasteiger partial charge in [-0.2, -0.15) is 0 Å². The molecule has 0 spiro atoms. The molecule has 0 bridgehead atoms. The van der Waals surface area contributed by atoms with Crippen LogP contribution in [-0.4, -0.2) is 66.6 Å². The molecule has 1 aromatic heterocycles. The maximum absolute atomic E-state index is 12.8. The first-order valence-electron chi connectivity index (χ1n) is 10.0. The number of halogens is 1. The molecule has 2 atom stereocenters. The zero-order chi connectivity index (χ0) is 21.1. The predicted octanol–water partition coefficient (Wildman–Crippen LogP) is 2.65. The number of likely N-dealkylation sites (tertiary alicyclic amines) is 1. The molecule has 2 unspecified atom stereocenters. The van der Waals surface area contributed by atoms with Gasteiger partial charge in [0.05, 0.1) is 28.6 Å². The first-order valence-corrected chi connectivity index (χ1v) is 10.4. The van der Waals surface area contributed by atoms with Crippen molar-refractivity contribution in [3.63, 3.8) is 0 Å². The van der Waals surface area contributed by atoms with Gasteiger partial charge in [-0.3, -0.25) is 9.78 Å². The summed E-state index contributed by atoms with van der Waals surface area (Å²) in [5.41, 5.74) is 7.27. The Morgan fingerprint density at radius 3 is 2.90 bits per heavy atom. The summed E-state index contributed by atoms with van der Waals surface area (Å²) in [6.07, 6.45) is 2.41. The molecule has 1 aromatic carbocycles. The summed E-state index contributed by atoms with van der Waals surface area (Å²) in [5.74, 6) is -0.174. The van der Waals surface area contributed by atoms with Gasteiger partial charge in [0, 0.05) is 50.3 Å². The Kier molecular flexibility index (Phi) is 6.79. The number of fused-ring (bicyclic) bond motifs is 1. The fraction of sp³-hybridized carbons (Fsp3) is 0.545. The number of alkyl halides is 1. The van der Waals surface area contributed by atoms with E-state index in [1.54, 1.807) is 19.4 Å². The van der Waals surface area contributed by atoms with E-state index in [1.165, 1.54) is 0 Å². The third-order valence-electron chi connectivity index (χ3n) is 5.58. The van der Waals surface area contributed by atoms with Gasteiger partial charge in [-0.05, 0) is 18.6 Å². The van der Waals surface area contributed by atoms with Crippen molar-refractivity contribution in [1.82, 2.24) is 15.2 Å². The van der Waals surface area contributed by atoms with E-state index in [0.717, 1.165) is 24.9 Å². The Bertz CT molecular complexity index is 854. The minimum Gasteiger partial charge on any atom is -0.384 e. The van der Waals surface area contributed by atoms with Crippen LogP contribution in [0.1, 0.15) is 30.6 Å². The fourth-order valence-corrected chi connectivity index (χ4v) is 4.42. The van der Waals surface area contributed by atoms with Crippen LogP contribution in [0.4, 0.5) is 0 Å². The molecule has 1 aliphatic heterocycles. The minimum absolute atomic E-state index is 0.0511. The number of aromatic nitrogens is 1. The average molecular weight is 419 g/mol. The maximum atomic E-state index is 12.8. The van der Waals surface area contributed by atoms with E-state index in [0.29, 0.717) is 30.8 Å². The Balaban J connectivity index is 1.61. The molecule has 1 fully saturated rings. The highest BCUT2D eigenvalue weighted by Crippen LogP contribution is 2.27. The van der Waals surface area contributed by atoms with Crippen LogP contribution in [-0.2, 0) is 4.74 Å². The number of nitrogens with zero attached hydrogens (tertiary/aromatic N) is 2. The second-order valence-electron chi connectivity index (χ2n) is 8.85. The lowest BCUT2D eigenvalue weighted by Crippen LogP contribution is -2.64. The number of hydrogen-bond donors (Lipinski definition) is 2. The molecule has 2 aromatic rings. The molecule has 2 heterocycles. The molecule has 3 rings (SSSR count). The van der Waals surface area contributed by atoms with Crippen molar-refractivity contribution in [3.05, 3.63) is 42.1 Å². The summed E-state index contributed by atoms with van der Waals surface area (Å²) < 4.78 is 5.32. The molecule has 6 nitrogen and oxygen atoms in total. The number of rotatable bonds is 7. The number of benzene rings is 1. The van der Waals surface area contributed by atoms with Crippen LogP contribution in [0.3, 0.4) is 0 Å². The van der Waals surface area contributed by atoms with Gasteiger partial charge in [0.15, 0.2) is 0 Å². The summed E-state index contributed by atoms with van der Waals surface area (Å²) >= 11 is 6.69. The lowest BCUT2D eigenvalue weighted by atomic mass is 9.86. The monoisotopic (exact) mass is 418 g/mol. The van der Waals surface area contributed by atoms with Crippen LogP contribution in [0.2, 0.25) is 0 Å². The normalized spacial score (nSPS) is 23.3. The second-order valence-corrected chi connectivity index (χ2v) is 9.37. The number of nitrogens with two attached hydrogens (primary N) is 1. The topological polar surface area (TPSA) is 80.5 Å². The summed E-state index contributed by atoms with van der Waals surface area (Å²) in [5, 5.41) is 3.67. The van der Waals surface area contributed by atoms with Crippen LogP contribution in [0.15, 0.2) is 36.5 Å². The standard InChI is InChI=1S/C22H31ClN4O2/c1-21(2,15-29-3)14-27-11-9-22(24,18(23)12-27)13-26-20(28)17-8-4-6-16-7-5-10-25-19(16)17/h4-8,10,18H,9,11-15,24H2,1-3H3,(H,26,28). The van der Waals surface area contributed by atoms with E-state index in [4.69, 9.17) is 22.1 Å². The molecular weight excluding hydrogens is 388 g/mol. The predicted molar refractivity (Wildman–Crippen MR) is 117 cm³/mol.